The van der Waals surface area contributed by atoms with Gasteiger partial charge in [0.2, 0.25) is 0 Å². The fourth-order valence-electron chi connectivity index (χ4n) is 4.20. The number of hydrogen-bond acceptors (Lipinski definition) is 4. The zero-order valence-corrected chi connectivity index (χ0v) is 22.1. The molecule has 6 nitrogen and oxygen atoms in total. The highest BCUT2D eigenvalue weighted by atomic mass is 35.5. The number of allylic oxidation sites excluding steroid dienone is 1. The number of piperidine rings is 1. The highest BCUT2D eigenvalue weighted by Crippen LogP contribution is 2.34. The molecule has 2 aromatic rings. The van der Waals surface area contributed by atoms with Crippen LogP contribution in [0.5, 0.6) is 0 Å². The molecule has 1 aliphatic rings. The summed E-state index contributed by atoms with van der Waals surface area (Å²) in [6, 6.07) is 8.42. The SMILES string of the molecule is C=C/C(N)=C(\NC(N)=NCc1cc(F)cc(F)c1)N(CCC1CCNCC1)C(=C)c1c(Cl)cccc1Cl. The average molecular weight is 549 g/mol. The summed E-state index contributed by atoms with van der Waals surface area (Å²) in [6.45, 7) is 10.5. The van der Waals surface area contributed by atoms with Gasteiger partial charge in [-0.15, -0.1) is 0 Å². The second kappa shape index (κ2) is 13.5. The highest BCUT2D eigenvalue weighted by Gasteiger charge is 2.23. The van der Waals surface area contributed by atoms with Crippen LogP contribution in [0.25, 0.3) is 5.70 Å². The van der Waals surface area contributed by atoms with Gasteiger partial charge in [-0.2, -0.15) is 0 Å². The van der Waals surface area contributed by atoms with Crippen molar-refractivity contribution in [1.29, 1.82) is 0 Å². The van der Waals surface area contributed by atoms with Crippen molar-refractivity contribution in [2.45, 2.75) is 25.8 Å². The van der Waals surface area contributed by atoms with Gasteiger partial charge in [-0.25, -0.2) is 13.8 Å². The summed E-state index contributed by atoms with van der Waals surface area (Å²) in [5, 5.41) is 7.29. The van der Waals surface area contributed by atoms with E-state index in [2.05, 4.69) is 28.8 Å². The van der Waals surface area contributed by atoms with Crippen molar-refractivity contribution in [3.8, 4) is 0 Å². The van der Waals surface area contributed by atoms with E-state index >= 15 is 0 Å². The van der Waals surface area contributed by atoms with Gasteiger partial charge in [0, 0.05) is 23.9 Å². The van der Waals surface area contributed by atoms with Crippen molar-refractivity contribution in [2.75, 3.05) is 19.6 Å². The van der Waals surface area contributed by atoms with Crippen LogP contribution in [0.4, 0.5) is 8.78 Å². The first-order valence-corrected chi connectivity index (χ1v) is 12.7. The van der Waals surface area contributed by atoms with Crippen LogP contribution in [0.2, 0.25) is 10.0 Å². The third kappa shape index (κ3) is 7.95. The van der Waals surface area contributed by atoms with Gasteiger partial charge in [-0.3, -0.25) is 0 Å². The molecule has 1 heterocycles. The van der Waals surface area contributed by atoms with Gasteiger partial charge in [0.05, 0.1) is 22.3 Å². The molecular formula is C27H32Cl2F2N6. The third-order valence-corrected chi connectivity index (χ3v) is 6.79. The van der Waals surface area contributed by atoms with Crippen molar-refractivity contribution >= 4 is 34.9 Å². The Balaban J connectivity index is 1.92. The number of halogens is 4. The fourth-order valence-corrected chi connectivity index (χ4v) is 4.82. The minimum absolute atomic E-state index is 0.00519. The Morgan fingerprint density at radius 1 is 1.14 bits per heavy atom. The van der Waals surface area contributed by atoms with Crippen LogP contribution in [0.15, 0.2) is 72.1 Å². The van der Waals surface area contributed by atoms with E-state index in [1.165, 1.54) is 18.2 Å². The lowest BCUT2D eigenvalue weighted by molar-refractivity contribution is 0.318. The number of nitrogens with one attached hydrogen (secondary N) is 2. The summed E-state index contributed by atoms with van der Waals surface area (Å²) in [7, 11) is 0. The summed E-state index contributed by atoms with van der Waals surface area (Å²) in [5.74, 6) is -0.472. The van der Waals surface area contributed by atoms with Crippen LogP contribution in [-0.2, 0) is 6.54 Å². The Bertz CT molecular complexity index is 1150. The number of benzene rings is 2. The predicted octanol–water partition coefficient (Wildman–Crippen LogP) is 5.35. The maximum atomic E-state index is 13.6. The summed E-state index contributed by atoms with van der Waals surface area (Å²) >= 11 is 13.0. The van der Waals surface area contributed by atoms with Crippen LogP contribution in [-0.4, -0.2) is 30.5 Å². The van der Waals surface area contributed by atoms with Crippen LogP contribution < -0.4 is 22.1 Å². The lowest BCUT2D eigenvalue weighted by Crippen LogP contribution is -2.41. The van der Waals surface area contributed by atoms with Gasteiger partial charge >= 0.3 is 0 Å². The maximum Gasteiger partial charge on any atom is 0.194 e. The average Bonchev–Trinajstić information content (AvgIpc) is 2.86. The Morgan fingerprint density at radius 2 is 1.76 bits per heavy atom. The quantitative estimate of drug-likeness (QED) is 0.182. The van der Waals surface area contributed by atoms with Gasteiger partial charge in [0.25, 0.3) is 0 Å². The van der Waals surface area contributed by atoms with E-state index in [0.29, 0.717) is 50.8 Å². The molecule has 1 aliphatic heterocycles. The van der Waals surface area contributed by atoms with Gasteiger partial charge < -0.3 is 27.0 Å². The molecular weight excluding hydrogens is 517 g/mol. The Kier molecular flexibility index (Phi) is 10.4. The first-order chi connectivity index (χ1) is 17.7. The molecule has 1 fully saturated rings. The maximum absolute atomic E-state index is 13.6. The summed E-state index contributed by atoms with van der Waals surface area (Å²) < 4.78 is 27.1. The lowest BCUT2D eigenvalue weighted by atomic mass is 9.94. The largest absolute Gasteiger partial charge is 0.396 e. The van der Waals surface area contributed by atoms with E-state index in [9.17, 15) is 8.78 Å². The first-order valence-electron chi connectivity index (χ1n) is 11.9. The van der Waals surface area contributed by atoms with Crippen molar-refractivity contribution in [3.63, 3.8) is 0 Å². The van der Waals surface area contributed by atoms with Crippen LogP contribution >= 0.6 is 23.2 Å². The van der Waals surface area contributed by atoms with E-state index in [0.717, 1.165) is 38.4 Å². The molecule has 1 saturated heterocycles. The van der Waals surface area contributed by atoms with Crippen LogP contribution in [0, 0.1) is 17.6 Å². The fraction of sp³-hybridized carbons (Fsp3) is 0.296. The minimum Gasteiger partial charge on any atom is -0.396 e. The molecule has 2 aromatic carbocycles. The van der Waals surface area contributed by atoms with Crippen LogP contribution in [0.1, 0.15) is 30.4 Å². The first kappa shape index (κ1) is 28.5. The third-order valence-electron chi connectivity index (χ3n) is 6.16. The molecule has 6 N–H and O–H groups in total. The molecule has 3 rings (SSSR count). The topological polar surface area (TPSA) is 91.7 Å². The molecule has 0 unspecified atom stereocenters. The zero-order valence-electron chi connectivity index (χ0n) is 20.5. The van der Waals surface area contributed by atoms with Gasteiger partial charge in [-0.05, 0) is 74.2 Å². The van der Waals surface area contributed by atoms with E-state index in [-0.39, 0.29) is 12.5 Å². The molecule has 0 spiro atoms. The van der Waals surface area contributed by atoms with Crippen molar-refractivity contribution in [1.82, 2.24) is 15.5 Å². The summed E-state index contributed by atoms with van der Waals surface area (Å²) in [6.07, 6.45) is 4.46. The Labute approximate surface area is 226 Å². The Hall–Kier alpha value is -3.07. The molecule has 37 heavy (non-hydrogen) atoms. The molecule has 10 heteroatoms. The smallest absolute Gasteiger partial charge is 0.194 e. The highest BCUT2D eigenvalue weighted by molar-refractivity contribution is 6.37. The van der Waals surface area contributed by atoms with Crippen molar-refractivity contribution < 1.29 is 8.78 Å². The van der Waals surface area contributed by atoms with Crippen molar-refractivity contribution in [2.24, 2.45) is 22.4 Å². The number of rotatable bonds is 10. The van der Waals surface area contributed by atoms with Crippen LogP contribution in [0.3, 0.4) is 0 Å². The molecule has 0 amide bonds. The predicted molar refractivity (Wildman–Crippen MR) is 149 cm³/mol. The standard InChI is InChI=1S/C27H32Cl2F2N6/c1-3-24(32)26(36-27(33)35-16-19-13-20(30)15-21(31)14-19)37(12-9-18-7-10-34-11-8-18)17(2)25-22(28)5-4-6-23(25)29/h3-6,13-15,18,34H,1-2,7-12,16,32H2,(H3,33,35,36)/b26-24-. The molecule has 0 radical (unpaired) electrons. The molecule has 0 aromatic heterocycles. The van der Waals surface area contributed by atoms with Crippen molar-refractivity contribution in [3.05, 3.63) is 100.0 Å². The van der Waals surface area contributed by atoms with Gasteiger partial charge in [-0.1, -0.05) is 42.4 Å². The normalized spacial score (nSPS) is 15.2. The van der Waals surface area contributed by atoms with Gasteiger partial charge in [0.1, 0.15) is 17.5 Å². The van der Waals surface area contributed by atoms with E-state index in [1.807, 2.05) is 4.90 Å². The second-order valence-corrected chi connectivity index (χ2v) is 9.60. The minimum atomic E-state index is -0.690. The number of hydrogen-bond donors (Lipinski definition) is 4. The molecule has 0 atom stereocenters. The lowest BCUT2D eigenvalue weighted by Gasteiger charge is -2.33. The summed E-state index contributed by atoms with van der Waals surface area (Å²) in [5.41, 5.74) is 14.2. The van der Waals surface area contributed by atoms with Gasteiger partial charge in [0.15, 0.2) is 5.96 Å². The number of nitrogens with zero attached hydrogens (tertiary/aromatic N) is 2. The van der Waals surface area contributed by atoms with E-state index in [4.69, 9.17) is 34.7 Å². The number of aliphatic imine (C=N–C) groups is 1. The molecule has 0 aliphatic carbocycles. The molecule has 0 saturated carbocycles. The second-order valence-electron chi connectivity index (χ2n) is 8.79. The van der Waals surface area contributed by atoms with E-state index < -0.39 is 11.6 Å². The zero-order chi connectivity index (χ0) is 26.9. The molecule has 0 bridgehead atoms. The Morgan fingerprint density at radius 3 is 2.35 bits per heavy atom. The summed E-state index contributed by atoms with van der Waals surface area (Å²) in [4.78, 5) is 6.11. The van der Waals surface area contributed by atoms with E-state index in [1.54, 1.807) is 18.2 Å². The monoisotopic (exact) mass is 548 g/mol. The number of nitrogens with two attached hydrogens (primary N) is 2. The number of guanidine groups is 1. The molecule has 198 valence electrons.